The molecule has 1 atom stereocenters. The fourth-order valence-corrected chi connectivity index (χ4v) is 2.83. The molecule has 1 unspecified atom stereocenters. The minimum Gasteiger partial charge on any atom is -0.381 e. The molecule has 1 fully saturated rings. The third kappa shape index (κ3) is 3.03. The van der Waals surface area contributed by atoms with Crippen LogP contribution in [0.2, 0.25) is 0 Å². The summed E-state index contributed by atoms with van der Waals surface area (Å²) in [7, 11) is 0. The Hall–Kier alpha value is -0.450. The van der Waals surface area contributed by atoms with Crippen molar-refractivity contribution in [2.75, 3.05) is 13.2 Å². The summed E-state index contributed by atoms with van der Waals surface area (Å²) in [4.78, 5) is 4.62. The topological polar surface area (TPSA) is 34.2 Å². The van der Waals surface area contributed by atoms with Crippen molar-refractivity contribution in [3.8, 4) is 0 Å². The maximum absolute atomic E-state index is 5.35. The van der Waals surface area contributed by atoms with Gasteiger partial charge in [0.1, 0.15) is 0 Å². The number of hydrogen-bond acceptors (Lipinski definition) is 4. The van der Waals surface area contributed by atoms with Crippen LogP contribution in [0.4, 0.5) is 0 Å². The molecule has 0 radical (unpaired) electrons. The van der Waals surface area contributed by atoms with Crippen LogP contribution in [0.1, 0.15) is 43.4 Å². The molecule has 0 bridgehead atoms. The molecular formula is C12H20N2OS. The Morgan fingerprint density at radius 2 is 2.31 bits per heavy atom. The fraction of sp³-hybridized carbons (Fsp3) is 0.750. The Kier molecular flexibility index (Phi) is 4.32. The summed E-state index contributed by atoms with van der Waals surface area (Å²) in [6.45, 7) is 6.13. The molecule has 16 heavy (non-hydrogen) atoms. The lowest BCUT2D eigenvalue weighted by Gasteiger charge is -2.26. The summed E-state index contributed by atoms with van der Waals surface area (Å²) >= 11 is 1.76. The molecule has 0 saturated carbocycles. The molecule has 3 nitrogen and oxygen atoms in total. The first kappa shape index (κ1) is 12.0. The van der Waals surface area contributed by atoms with E-state index in [4.69, 9.17) is 4.74 Å². The number of nitrogens with zero attached hydrogens (tertiary/aromatic N) is 1. The molecule has 90 valence electrons. The van der Waals surface area contributed by atoms with Gasteiger partial charge in [0.05, 0.1) is 10.7 Å². The Morgan fingerprint density at radius 3 is 2.94 bits per heavy atom. The molecule has 1 aliphatic heterocycles. The van der Waals surface area contributed by atoms with E-state index in [0.29, 0.717) is 12.1 Å². The van der Waals surface area contributed by atoms with Crippen LogP contribution in [-0.2, 0) is 11.2 Å². The van der Waals surface area contributed by atoms with E-state index in [1.807, 2.05) is 0 Å². The van der Waals surface area contributed by atoms with Crippen LogP contribution in [0.3, 0.4) is 0 Å². The molecule has 0 aromatic carbocycles. The molecule has 1 aromatic rings. The van der Waals surface area contributed by atoms with E-state index in [2.05, 4.69) is 29.5 Å². The third-order valence-corrected chi connectivity index (χ3v) is 4.03. The fourth-order valence-electron chi connectivity index (χ4n) is 1.99. The number of rotatable bonds is 4. The quantitative estimate of drug-likeness (QED) is 0.878. The molecule has 1 saturated heterocycles. The maximum atomic E-state index is 5.35. The molecule has 1 aromatic heterocycles. The lowest BCUT2D eigenvalue weighted by Crippen LogP contribution is -2.36. The van der Waals surface area contributed by atoms with Crippen molar-refractivity contribution in [1.82, 2.24) is 10.3 Å². The van der Waals surface area contributed by atoms with Gasteiger partial charge in [-0.2, -0.15) is 0 Å². The Morgan fingerprint density at radius 1 is 1.56 bits per heavy atom. The minimum atomic E-state index is 0.361. The predicted molar refractivity (Wildman–Crippen MR) is 66.9 cm³/mol. The molecule has 1 aliphatic rings. The average molecular weight is 240 g/mol. The highest BCUT2D eigenvalue weighted by Gasteiger charge is 2.17. The van der Waals surface area contributed by atoms with Crippen molar-refractivity contribution in [1.29, 1.82) is 0 Å². The highest BCUT2D eigenvalue weighted by molar-refractivity contribution is 7.09. The maximum Gasteiger partial charge on any atom is 0.0926 e. The minimum absolute atomic E-state index is 0.361. The van der Waals surface area contributed by atoms with Gasteiger partial charge in [0, 0.05) is 30.7 Å². The zero-order chi connectivity index (χ0) is 11.4. The lowest BCUT2D eigenvalue weighted by molar-refractivity contribution is 0.0753. The van der Waals surface area contributed by atoms with E-state index in [-0.39, 0.29) is 0 Å². The van der Waals surface area contributed by atoms with Crippen molar-refractivity contribution in [3.05, 3.63) is 16.1 Å². The first-order chi connectivity index (χ1) is 7.79. The van der Waals surface area contributed by atoms with Crippen molar-refractivity contribution in [3.63, 3.8) is 0 Å². The number of nitrogens with one attached hydrogen (secondary N) is 1. The second kappa shape index (κ2) is 5.75. The van der Waals surface area contributed by atoms with Crippen LogP contribution >= 0.6 is 11.3 Å². The standard InChI is InChI=1S/C12H20N2OS/c1-3-12-14-11(8-16-12)9(2)13-10-4-6-15-7-5-10/h8-10,13H,3-7H2,1-2H3. The van der Waals surface area contributed by atoms with Crippen molar-refractivity contribution in [2.24, 2.45) is 0 Å². The van der Waals surface area contributed by atoms with Crippen LogP contribution in [-0.4, -0.2) is 24.2 Å². The van der Waals surface area contributed by atoms with Gasteiger partial charge in [0.25, 0.3) is 0 Å². The Balaban J connectivity index is 1.88. The van der Waals surface area contributed by atoms with Gasteiger partial charge in [-0.05, 0) is 26.2 Å². The molecule has 0 amide bonds. The van der Waals surface area contributed by atoms with Crippen LogP contribution in [0.15, 0.2) is 5.38 Å². The molecule has 2 rings (SSSR count). The van der Waals surface area contributed by atoms with E-state index in [1.54, 1.807) is 11.3 Å². The molecule has 4 heteroatoms. The van der Waals surface area contributed by atoms with Crippen molar-refractivity contribution < 1.29 is 4.74 Å². The van der Waals surface area contributed by atoms with E-state index in [9.17, 15) is 0 Å². The molecule has 1 N–H and O–H groups in total. The summed E-state index contributed by atoms with van der Waals surface area (Å²) in [5.74, 6) is 0. The Labute approximate surface area is 101 Å². The van der Waals surface area contributed by atoms with Crippen LogP contribution in [0.5, 0.6) is 0 Å². The smallest absolute Gasteiger partial charge is 0.0926 e. The summed E-state index contributed by atoms with van der Waals surface area (Å²) in [6, 6.07) is 0.954. The van der Waals surface area contributed by atoms with Gasteiger partial charge in [-0.25, -0.2) is 4.98 Å². The highest BCUT2D eigenvalue weighted by atomic mass is 32.1. The van der Waals surface area contributed by atoms with E-state index >= 15 is 0 Å². The van der Waals surface area contributed by atoms with Gasteiger partial charge >= 0.3 is 0 Å². The first-order valence-electron chi connectivity index (χ1n) is 6.07. The predicted octanol–water partition coefficient (Wildman–Crippen LogP) is 2.54. The zero-order valence-electron chi connectivity index (χ0n) is 10.0. The summed E-state index contributed by atoms with van der Waals surface area (Å²) in [5, 5.41) is 7.05. The monoisotopic (exact) mass is 240 g/mol. The van der Waals surface area contributed by atoms with E-state index in [0.717, 1.165) is 32.5 Å². The molecule has 0 aliphatic carbocycles. The van der Waals surface area contributed by atoms with Crippen molar-refractivity contribution in [2.45, 2.75) is 45.2 Å². The van der Waals surface area contributed by atoms with E-state index < -0.39 is 0 Å². The first-order valence-corrected chi connectivity index (χ1v) is 6.95. The van der Waals surface area contributed by atoms with Gasteiger partial charge in [0.2, 0.25) is 0 Å². The molecule has 2 heterocycles. The lowest BCUT2D eigenvalue weighted by atomic mass is 10.1. The van der Waals surface area contributed by atoms with Crippen LogP contribution in [0.25, 0.3) is 0 Å². The SMILES string of the molecule is CCc1nc(C(C)NC2CCOCC2)cs1. The van der Waals surface area contributed by atoms with Crippen molar-refractivity contribution >= 4 is 11.3 Å². The van der Waals surface area contributed by atoms with E-state index in [1.165, 1.54) is 10.7 Å². The van der Waals surface area contributed by atoms with Gasteiger partial charge in [-0.15, -0.1) is 11.3 Å². The number of ether oxygens (including phenoxy) is 1. The Bertz CT molecular complexity index is 321. The van der Waals surface area contributed by atoms with Crippen LogP contribution in [0, 0.1) is 0 Å². The zero-order valence-corrected chi connectivity index (χ0v) is 10.8. The number of aryl methyl sites for hydroxylation is 1. The normalized spacial score (nSPS) is 19.9. The molecule has 0 spiro atoms. The third-order valence-electron chi connectivity index (χ3n) is 3.02. The van der Waals surface area contributed by atoms with Crippen LogP contribution < -0.4 is 5.32 Å². The van der Waals surface area contributed by atoms with Gasteiger partial charge in [-0.3, -0.25) is 0 Å². The van der Waals surface area contributed by atoms with Gasteiger partial charge in [-0.1, -0.05) is 6.92 Å². The molecular weight excluding hydrogens is 220 g/mol. The average Bonchev–Trinajstić information content (AvgIpc) is 2.79. The summed E-state index contributed by atoms with van der Waals surface area (Å²) < 4.78 is 5.35. The number of thiazole rings is 1. The van der Waals surface area contributed by atoms with Gasteiger partial charge < -0.3 is 10.1 Å². The number of aromatic nitrogens is 1. The van der Waals surface area contributed by atoms with Gasteiger partial charge in [0.15, 0.2) is 0 Å². The number of hydrogen-bond donors (Lipinski definition) is 1. The highest BCUT2D eigenvalue weighted by Crippen LogP contribution is 2.19. The summed E-state index contributed by atoms with van der Waals surface area (Å²) in [6.07, 6.45) is 3.28. The second-order valence-electron chi connectivity index (χ2n) is 4.29. The summed E-state index contributed by atoms with van der Waals surface area (Å²) in [5.41, 5.74) is 1.19. The second-order valence-corrected chi connectivity index (χ2v) is 5.24. The largest absolute Gasteiger partial charge is 0.381 e.